The third kappa shape index (κ3) is 7.31. The van der Waals surface area contributed by atoms with Gasteiger partial charge in [-0.25, -0.2) is 0 Å². The van der Waals surface area contributed by atoms with E-state index < -0.39 is 0 Å². The quantitative estimate of drug-likeness (QED) is 0.501. The molecule has 3 rings (SSSR count). The summed E-state index contributed by atoms with van der Waals surface area (Å²) < 4.78 is 5.28. The summed E-state index contributed by atoms with van der Waals surface area (Å²) in [6.07, 6.45) is 3.25. The van der Waals surface area contributed by atoms with E-state index in [1.54, 1.807) is 34.1 Å². The number of hydrogen-bond donors (Lipinski definition) is 0. The highest BCUT2D eigenvalue weighted by molar-refractivity contribution is 6.34. The summed E-state index contributed by atoms with van der Waals surface area (Å²) in [4.78, 5) is 31.3. The van der Waals surface area contributed by atoms with Gasteiger partial charge < -0.3 is 19.4 Å². The van der Waals surface area contributed by atoms with E-state index in [1.165, 1.54) is 6.08 Å². The van der Waals surface area contributed by atoms with Gasteiger partial charge in [-0.3, -0.25) is 9.59 Å². The largest absolute Gasteiger partial charge is 0.378 e. The fourth-order valence-corrected chi connectivity index (χ4v) is 4.04. The second kappa shape index (κ2) is 12.4. The van der Waals surface area contributed by atoms with Crippen LogP contribution in [0.1, 0.15) is 27.0 Å². The third-order valence-electron chi connectivity index (χ3n) is 5.68. The molecule has 0 N–H and O–H groups in total. The van der Waals surface area contributed by atoms with Crippen LogP contribution in [-0.4, -0.2) is 80.0 Å². The lowest BCUT2D eigenvalue weighted by atomic mass is 10.1. The fourth-order valence-electron chi connectivity index (χ4n) is 3.56. The molecule has 0 aliphatic carbocycles. The Kier molecular flexibility index (Phi) is 9.54. The Balaban J connectivity index is 1.75. The van der Waals surface area contributed by atoms with E-state index in [-0.39, 0.29) is 11.8 Å². The second-order valence-corrected chi connectivity index (χ2v) is 9.44. The standard InChI is InChI=1S/C26H31Cl2N3O3/c1-19-4-5-21(17-23(19)27)18-31(11-10-29(2)3)26(33)22-8-6-20(16-24(22)28)7-9-25(32)30-12-14-34-15-13-30/h4-9,16-17H,10-15,18H2,1-3H3/b9-7+. The Hall–Kier alpha value is -2.38. The highest BCUT2D eigenvalue weighted by Gasteiger charge is 2.20. The first-order valence-electron chi connectivity index (χ1n) is 11.3. The van der Waals surface area contributed by atoms with Gasteiger partial charge in [0.2, 0.25) is 5.91 Å². The SMILES string of the molecule is Cc1ccc(CN(CCN(C)C)C(=O)c2ccc(/C=C/C(=O)N3CCOCC3)cc2Cl)cc1Cl. The van der Waals surface area contributed by atoms with Crippen molar-refractivity contribution < 1.29 is 14.3 Å². The zero-order chi connectivity index (χ0) is 24.7. The van der Waals surface area contributed by atoms with Gasteiger partial charge in [0, 0.05) is 43.8 Å². The number of carbonyl (C=O) groups excluding carboxylic acids is 2. The monoisotopic (exact) mass is 503 g/mol. The first-order chi connectivity index (χ1) is 16.2. The molecule has 0 aromatic heterocycles. The molecule has 0 saturated carbocycles. The summed E-state index contributed by atoms with van der Waals surface area (Å²) in [5.74, 6) is -0.213. The van der Waals surface area contributed by atoms with E-state index in [9.17, 15) is 9.59 Å². The normalized spacial score (nSPS) is 14.1. The molecular weight excluding hydrogens is 473 g/mol. The molecule has 2 aromatic carbocycles. The molecule has 0 spiro atoms. The van der Waals surface area contributed by atoms with E-state index in [0.29, 0.717) is 61.5 Å². The number of carbonyl (C=O) groups is 2. The number of nitrogens with zero attached hydrogens (tertiary/aromatic N) is 3. The first kappa shape index (κ1) is 26.2. The summed E-state index contributed by atoms with van der Waals surface area (Å²) in [6, 6.07) is 11.1. The molecule has 0 radical (unpaired) electrons. The molecule has 0 unspecified atom stereocenters. The van der Waals surface area contributed by atoms with Crippen molar-refractivity contribution in [3.8, 4) is 0 Å². The number of hydrogen-bond acceptors (Lipinski definition) is 4. The number of amides is 2. The Labute approximate surface area is 211 Å². The molecule has 0 atom stereocenters. The maximum absolute atomic E-state index is 13.4. The summed E-state index contributed by atoms with van der Waals surface area (Å²) >= 11 is 12.8. The zero-order valence-corrected chi connectivity index (χ0v) is 21.4. The molecule has 8 heteroatoms. The topological polar surface area (TPSA) is 53.1 Å². The smallest absolute Gasteiger partial charge is 0.255 e. The minimum Gasteiger partial charge on any atom is -0.378 e. The van der Waals surface area contributed by atoms with Crippen molar-refractivity contribution in [2.75, 3.05) is 53.5 Å². The van der Waals surface area contributed by atoms with Gasteiger partial charge in [0.15, 0.2) is 0 Å². The number of likely N-dealkylation sites (N-methyl/N-ethyl adjacent to an activating group) is 1. The average molecular weight is 504 g/mol. The van der Waals surface area contributed by atoms with Crippen molar-refractivity contribution in [2.24, 2.45) is 0 Å². The molecule has 2 amide bonds. The van der Waals surface area contributed by atoms with Crippen molar-refractivity contribution in [2.45, 2.75) is 13.5 Å². The van der Waals surface area contributed by atoms with Gasteiger partial charge in [0.1, 0.15) is 0 Å². The van der Waals surface area contributed by atoms with Gasteiger partial charge in [0.05, 0.1) is 23.8 Å². The Morgan fingerprint density at radius 2 is 1.76 bits per heavy atom. The molecule has 34 heavy (non-hydrogen) atoms. The maximum Gasteiger partial charge on any atom is 0.255 e. The number of benzene rings is 2. The van der Waals surface area contributed by atoms with E-state index in [1.807, 2.05) is 44.1 Å². The van der Waals surface area contributed by atoms with Crippen molar-refractivity contribution in [1.29, 1.82) is 0 Å². The number of halogens is 2. The van der Waals surface area contributed by atoms with Crippen molar-refractivity contribution in [1.82, 2.24) is 14.7 Å². The summed E-state index contributed by atoms with van der Waals surface area (Å²) in [7, 11) is 3.94. The minimum atomic E-state index is -0.150. The lowest BCUT2D eigenvalue weighted by molar-refractivity contribution is -0.129. The van der Waals surface area contributed by atoms with Crippen LogP contribution in [-0.2, 0) is 16.1 Å². The number of aryl methyl sites for hydroxylation is 1. The predicted molar refractivity (Wildman–Crippen MR) is 137 cm³/mol. The minimum absolute atomic E-state index is 0.0637. The molecule has 1 heterocycles. The summed E-state index contributed by atoms with van der Waals surface area (Å²) in [5.41, 5.74) is 3.14. The summed E-state index contributed by atoms with van der Waals surface area (Å²) in [6.45, 7) is 5.93. The predicted octanol–water partition coefficient (Wildman–Crippen LogP) is 4.38. The Bertz CT molecular complexity index is 1050. The lowest BCUT2D eigenvalue weighted by Gasteiger charge is -2.25. The fraction of sp³-hybridized carbons (Fsp3) is 0.385. The Morgan fingerprint density at radius 1 is 1.03 bits per heavy atom. The maximum atomic E-state index is 13.4. The molecule has 2 aromatic rings. The van der Waals surface area contributed by atoms with Crippen LogP contribution in [0, 0.1) is 6.92 Å². The molecular formula is C26H31Cl2N3O3. The van der Waals surface area contributed by atoms with Crippen molar-refractivity contribution >= 4 is 41.1 Å². The van der Waals surface area contributed by atoms with Gasteiger partial charge >= 0.3 is 0 Å². The van der Waals surface area contributed by atoms with E-state index >= 15 is 0 Å². The molecule has 6 nitrogen and oxygen atoms in total. The first-order valence-corrected chi connectivity index (χ1v) is 12.0. The number of ether oxygens (including phenoxy) is 1. The van der Waals surface area contributed by atoms with Gasteiger partial charge in [-0.1, -0.05) is 41.4 Å². The van der Waals surface area contributed by atoms with Crippen LogP contribution >= 0.6 is 23.2 Å². The van der Waals surface area contributed by atoms with Crippen molar-refractivity contribution in [3.05, 3.63) is 74.8 Å². The molecule has 182 valence electrons. The highest BCUT2D eigenvalue weighted by atomic mass is 35.5. The second-order valence-electron chi connectivity index (χ2n) is 8.62. The number of morpholine rings is 1. The zero-order valence-electron chi connectivity index (χ0n) is 19.9. The van der Waals surface area contributed by atoms with E-state index in [2.05, 4.69) is 0 Å². The van der Waals surface area contributed by atoms with Crippen LogP contribution in [0.25, 0.3) is 6.08 Å². The number of rotatable bonds is 8. The van der Waals surface area contributed by atoms with Gasteiger partial charge in [0.25, 0.3) is 5.91 Å². The van der Waals surface area contributed by atoms with Crippen LogP contribution in [0.5, 0.6) is 0 Å². The van der Waals surface area contributed by atoms with Crippen LogP contribution < -0.4 is 0 Å². The summed E-state index contributed by atoms with van der Waals surface area (Å²) in [5, 5.41) is 1.03. The molecule has 1 aliphatic heterocycles. The third-order valence-corrected chi connectivity index (χ3v) is 6.40. The van der Waals surface area contributed by atoms with Gasteiger partial charge in [-0.05, 0) is 62.0 Å². The van der Waals surface area contributed by atoms with Gasteiger partial charge in [-0.2, -0.15) is 0 Å². The molecule has 1 aliphatic rings. The Morgan fingerprint density at radius 3 is 2.41 bits per heavy atom. The van der Waals surface area contributed by atoms with Crippen LogP contribution in [0.3, 0.4) is 0 Å². The van der Waals surface area contributed by atoms with Crippen molar-refractivity contribution in [3.63, 3.8) is 0 Å². The highest BCUT2D eigenvalue weighted by Crippen LogP contribution is 2.23. The molecule has 1 saturated heterocycles. The van der Waals surface area contributed by atoms with Crippen LogP contribution in [0.4, 0.5) is 0 Å². The van der Waals surface area contributed by atoms with E-state index in [4.69, 9.17) is 27.9 Å². The lowest BCUT2D eigenvalue weighted by Crippen LogP contribution is -2.39. The van der Waals surface area contributed by atoms with Gasteiger partial charge in [-0.15, -0.1) is 0 Å². The van der Waals surface area contributed by atoms with Crippen LogP contribution in [0.2, 0.25) is 10.0 Å². The van der Waals surface area contributed by atoms with E-state index in [0.717, 1.165) is 16.7 Å². The average Bonchev–Trinajstić information content (AvgIpc) is 2.82. The van der Waals surface area contributed by atoms with Crippen LogP contribution in [0.15, 0.2) is 42.5 Å². The molecule has 0 bridgehead atoms. The molecule has 1 fully saturated rings.